The molecule has 2 aromatic heterocycles. The van der Waals surface area contributed by atoms with Gasteiger partial charge in [0, 0.05) is 78.3 Å². The summed E-state index contributed by atoms with van der Waals surface area (Å²) in [6.07, 6.45) is 13.0. The molecule has 2 heterocycles. The van der Waals surface area contributed by atoms with Gasteiger partial charge in [-0.2, -0.15) is 0 Å². The minimum atomic E-state index is -2.13. The molecule has 2 N–H and O–H groups in total. The van der Waals surface area contributed by atoms with E-state index >= 15 is 0 Å². The molecule has 12 nitrogen and oxygen atoms in total. The van der Waals surface area contributed by atoms with E-state index in [1.54, 1.807) is 93.7 Å². The number of furan rings is 2. The molecule has 5 aromatic rings. The van der Waals surface area contributed by atoms with Crippen molar-refractivity contribution in [3.8, 4) is 28.4 Å². The number of rotatable bonds is 25. The second-order valence-electron chi connectivity index (χ2n) is 18.2. The molecule has 2 amide bonds. The smallest absolute Gasteiger partial charge is 0.303 e. The average Bonchev–Trinajstić information content (AvgIpc) is 3.66. The summed E-state index contributed by atoms with van der Waals surface area (Å²) in [5.74, 6) is 0.322. The molecule has 12 heteroatoms. The van der Waals surface area contributed by atoms with E-state index in [4.69, 9.17) is 29.9 Å². The maximum Gasteiger partial charge on any atom is 0.303 e. The van der Waals surface area contributed by atoms with Gasteiger partial charge in [0.15, 0.2) is 0 Å². The van der Waals surface area contributed by atoms with Gasteiger partial charge >= 0.3 is 11.9 Å². The van der Waals surface area contributed by atoms with Crippen LogP contribution in [0, 0.1) is 5.92 Å². The molecule has 2 saturated carbocycles. The van der Waals surface area contributed by atoms with Crippen LogP contribution in [0.1, 0.15) is 153 Å². The molecule has 7 rings (SSSR count). The van der Waals surface area contributed by atoms with Gasteiger partial charge in [-0.3, -0.25) is 19.2 Å². The van der Waals surface area contributed by atoms with Crippen molar-refractivity contribution < 1.29 is 51.8 Å². The SMILES string of the molecule is [2H]C(C)(C)N(CC1CCCC1OCCCCCC(=O)O)C(=O)c1ccc(-c2ccco2)cc1.[2H]C([2H])(c1cc(C2CC2)ccc1OCCCCCC(=O)O)N(C(=O)c1ccc(-c2ccco2)cc1)C(C)C. The van der Waals surface area contributed by atoms with Crippen molar-refractivity contribution >= 4 is 23.8 Å². The first kappa shape index (κ1) is 46.9. The topological polar surface area (TPSA) is 160 Å². The third-order valence-electron chi connectivity index (χ3n) is 12.4. The van der Waals surface area contributed by atoms with E-state index in [0.717, 1.165) is 67.4 Å². The second-order valence-corrected chi connectivity index (χ2v) is 18.2. The molecular formula is C56H70N2O10. The van der Waals surface area contributed by atoms with Crippen molar-refractivity contribution in [2.24, 2.45) is 5.92 Å². The number of carboxylic acids is 2. The van der Waals surface area contributed by atoms with Gasteiger partial charge in [-0.25, -0.2) is 0 Å². The van der Waals surface area contributed by atoms with Crippen LogP contribution in [0.25, 0.3) is 22.6 Å². The number of aliphatic carboxylic acids is 2. The van der Waals surface area contributed by atoms with Crippen LogP contribution in [-0.4, -0.2) is 81.7 Å². The van der Waals surface area contributed by atoms with E-state index in [2.05, 4.69) is 0 Å². The number of carbonyl (C=O) groups excluding carboxylic acids is 2. The number of hydrogen-bond acceptors (Lipinski definition) is 8. The Labute approximate surface area is 405 Å². The van der Waals surface area contributed by atoms with Crippen LogP contribution in [0.5, 0.6) is 5.75 Å². The molecule has 2 aliphatic carbocycles. The Morgan fingerprint density at radius 3 is 1.75 bits per heavy atom. The molecule has 0 bridgehead atoms. The number of hydrogen-bond donors (Lipinski definition) is 2. The van der Waals surface area contributed by atoms with E-state index in [0.29, 0.717) is 79.6 Å². The Morgan fingerprint density at radius 1 is 0.691 bits per heavy atom. The highest BCUT2D eigenvalue weighted by Gasteiger charge is 2.32. The minimum Gasteiger partial charge on any atom is -0.493 e. The first-order valence-electron chi connectivity index (χ1n) is 25.7. The molecule has 2 fully saturated rings. The van der Waals surface area contributed by atoms with Crippen molar-refractivity contribution in [2.45, 2.75) is 142 Å². The fourth-order valence-electron chi connectivity index (χ4n) is 8.37. The fourth-order valence-corrected chi connectivity index (χ4v) is 8.37. The monoisotopic (exact) mass is 934 g/mol. The van der Waals surface area contributed by atoms with Gasteiger partial charge in [0.2, 0.25) is 0 Å². The maximum absolute atomic E-state index is 13.7. The highest BCUT2D eigenvalue weighted by Crippen LogP contribution is 2.42. The predicted octanol–water partition coefficient (Wildman–Crippen LogP) is 12.5. The summed E-state index contributed by atoms with van der Waals surface area (Å²) in [4.78, 5) is 51.3. The lowest BCUT2D eigenvalue weighted by molar-refractivity contribution is -0.138. The lowest BCUT2D eigenvalue weighted by Gasteiger charge is -2.32. The van der Waals surface area contributed by atoms with Crippen LogP contribution in [0.15, 0.2) is 112 Å². The van der Waals surface area contributed by atoms with Gasteiger partial charge < -0.3 is 38.3 Å². The summed E-state index contributed by atoms with van der Waals surface area (Å²) in [7, 11) is 0. The fraction of sp³-hybridized carbons (Fsp3) is 0.464. The molecule has 68 heavy (non-hydrogen) atoms. The number of unbranched alkanes of at least 4 members (excludes halogenated alkanes) is 4. The van der Waals surface area contributed by atoms with Crippen molar-refractivity contribution in [1.82, 2.24) is 9.80 Å². The highest BCUT2D eigenvalue weighted by molar-refractivity contribution is 5.95. The van der Waals surface area contributed by atoms with E-state index in [1.165, 1.54) is 4.90 Å². The van der Waals surface area contributed by atoms with Crippen LogP contribution in [0.3, 0.4) is 0 Å². The van der Waals surface area contributed by atoms with Crippen LogP contribution >= 0.6 is 0 Å². The molecule has 2 atom stereocenters. The van der Waals surface area contributed by atoms with Gasteiger partial charge in [-0.15, -0.1) is 0 Å². The molecule has 0 saturated heterocycles. The number of nitrogens with zero attached hydrogens (tertiary/aromatic N) is 2. The molecular weight excluding hydrogens is 861 g/mol. The second kappa shape index (κ2) is 25.8. The van der Waals surface area contributed by atoms with Gasteiger partial charge in [0.1, 0.15) is 17.3 Å². The highest BCUT2D eigenvalue weighted by atomic mass is 16.5. The Hall–Kier alpha value is -6.14. The largest absolute Gasteiger partial charge is 0.493 e. The molecule has 0 aliphatic heterocycles. The Kier molecular flexibility index (Phi) is 17.8. The molecule has 2 unspecified atom stereocenters. The van der Waals surface area contributed by atoms with Gasteiger partial charge in [0.05, 0.1) is 29.3 Å². The molecule has 3 aromatic carbocycles. The van der Waals surface area contributed by atoms with Crippen LogP contribution < -0.4 is 4.74 Å². The number of ether oxygens (including phenoxy) is 2. The summed E-state index contributed by atoms with van der Waals surface area (Å²) >= 11 is 0. The van der Waals surface area contributed by atoms with Crippen LogP contribution in [0.2, 0.25) is 0 Å². The van der Waals surface area contributed by atoms with Gasteiger partial charge in [-0.05, 0) is 152 Å². The molecule has 0 radical (unpaired) electrons. The van der Waals surface area contributed by atoms with Crippen molar-refractivity contribution in [1.29, 1.82) is 0 Å². The maximum atomic E-state index is 13.7. The zero-order chi connectivity index (χ0) is 51.1. The zero-order valence-corrected chi connectivity index (χ0v) is 40.0. The first-order chi connectivity index (χ1) is 33.9. The summed E-state index contributed by atoms with van der Waals surface area (Å²) in [5, 5.41) is 17.5. The summed E-state index contributed by atoms with van der Waals surface area (Å²) in [6.45, 7) is 6.40. The third kappa shape index (κ3) is 15.4. The summed E-state index contributed by atoms with van der Waals surface area (Å²) in [5.41, 5.74) is 4.07. The molecule has 2 aliphatic rings. The molecule has 364 valence electrons. The lowest BCUT2D eigenvalue weighted by Crippen LogP contribution is -2.42. The summed E-state index contributed by atoms with van der Waals surface area (Å²) < 4.78 is 50.0. The average molecular weight is 934 g/mol. The number of carboxylic acid groups (broad SMARTS) is 2. The van der Waals surface area contributed by atoms with E-state index in [1.807, 2.05) is 42.5 Å². The minimum absolute atomic E-state index is 0.0726. The van der Waals surface area contributed by atoms with Crippen molar-refractivity contribution in [3.63, 3.8) is 0 Å². The van der Waals surface area contributed by atoms with E-state index < -0.39 is 36.4 Å². The Balaban J connectivity index is 0.000000235. The van der Waals surface area contributed by atoms with E-state index in [-0.39, 0.29) is 30.8 Å². The quantitative estimate of drug-likeness (QED) is 0.0539. The zero-order valence-electron chi connectivity index (χ0n) is 43.0. The molecule has 0 spiro atoms. The Bertz CT molecular complexity index is 2460. The normalized spacial score (nSPS) is 16.5. The number of carbonyl (C=O) groups is 4. The lowest BCUT2D eigenvalue weighted by atomic mass is 10.0. The van der Waals surface area contributed by atoms with Crippen molar-refractivity contribution in [3.05, 3.63) is 126 Å². The van der Waals surface area contributed by atoms with Crippen LogP contribution in [-0.2, 0) is 20.8 Å². The van der Waals surface area contributed by atoms with Crippen LogP contribution in [0.4, 0.5) is 0 Å². The number of amides is 2. The third-order valence-corrected chi connectivity index (χ3v) is 12.4. The summed E-state index contributed by atoms with van der Waals surface area (Å²) in [6, 6.07) is 25.8. The number of benzene rings is 3. The van der Waals surface area contributed by atoms with Gasteiger partial charge in [-0.1, -0.05) is 49.2 Å². The van der Waals surface area contributed by atoms with Gasteiger partial charge in [0.25, 0.3) is 11.8 Å². The van der Waals surface area contributed by atoms with Crippen molar-refractivity contribution in [2.75, 3.05) is 19.8 Å². The van der Waals surface area contributed by atoms with E-state index in [9.17, 15) is 21.9 Å². The first-order valence-corrected chi connectivity index (χ1v) is 24.2. The predicted molar refractivity (Wildman–Crippen MR) is 263 cm³/mol. The Morgan fingerprint density at radius 2 is 1.25 bits per heavy atom. The standard InChI is InChI=1S/C30H35NO5.C26H35NO5/c1-21(2)31(30(34)24-13-11-23(12-14-24)27-7-6-18-36-27)20-26-19-25(22-9-10-22)15-16-28(26)35-17-5-3-4-8-29(32)33;1-19(2)27(26(30)21-14-12-20(13-15-21)23-10-7-17-32-23)18-22-8-6-9-24(22)31-16-5-3-4-11-25(28)29/h6-7,11-16,18-19,21-22H,3-5,8-10,17,20H2,1-2H3,(H,32,33);7,10,12-15,17,19,22,24H,3-6,8-9,11,16,18H2,1-2H3,(H,28,29)/i20D2;19D.